The third-order valence-corrected chi connectivity index (χ3v) is 3.92. The molecule has 0 aliphatic heterocycles. The molecule has 0 unspecified atom stereocenters. The number of hydrogen-bond acceptors (Lipinski definition) is 4. The molecule has 1 aromatic carbocycles. The Hall–Kier alpha value is -2.38. The fourth-order valence-electron chi connectivity index (χ4n) is 2.59. The van der Waals surface area contributed by atoms with Crippen molar-refractivity contribution < 1.29 is 0 Å². The molecule has 3 rings (SSSR count). The van der Waals surface area contributed by atoms with Crippen molar-refractivity contribution >= 4 is 23.6 Å². The Morgan fingerprint density at radius 1 is 1.08 bits per heavy atom. The zero-order chi connectivity index (χ0) is 16.4. The van der Waals surface area contributed by atoms with Gasteiger partial charge in [-0.2, -0.15) is 0 Å². The van der Waals surface area contributed by atoms with Crippen LogP contribution < -0.4 is 16.6 Å². The first-order valence-corrected chi connectivity index (χ1v) is 7.45. The molecule has 0 saturated carbocycles. The van der Waals surface area contributed by atoms with E-state index in [-0.39, 0.29) is 23.7 Å². The van der Waals surface area contributed by atoms with E-state index in [4.69, 9.17) is 0 Å². The highest BCUT2D eigenvalue weighted by Gasteiger charge is 2.13. The molecule has 0 atom stereocenters. The monoisotopic (exact) mass is 349 g/mol. The van der Waals surface area contributed by atoms with Crippen molar-refractivity contribution in [3.8, 4) is 0 Å². The van der Waals surface area contributed by atoms with E-state index in [1.807, 2.05) is 18.2 Å². The van der Waals surface area contributed by atoms with Crippen molar-refractivity contribution in [1.29, 1.82) is 0 Å². The van der Waals surface area contributed by atoms with Crippen LogP contribution in [0.5, 0.6) is 0 Å². The number of benzene rings is 1. The van der Waals surface area contributed by atoms with E-state index in [1.54, 1.807) is 17.9 Å². The number of imidazole rings is 1. The lowest BCUT2D eigenvalue weighted by Crippen LogP contribution is -2.37. The summed E-state index contributed by atoms with van der Waals surface area (Å²) in [6.07, 6.45) is 1.61. The summed E-state index contributed by atoms with van der Waals surface area (Å²) in [4.78, 5) is 28.4. The van der Waals surface area contributed by atoms with E-state index >= 15 is 0 Å². The van der Waals surface area contributed by atoms with Gasteiger partial charge in [-0.1, -0.05) is 30.3 Å². The second kappa shape index (κ2) is 7.46. The standard InChI is InChI=1S/C16H19N5O2.ClH/c1-19-14-13(15(22)20(2)16(19)23)21(11-18-14)9-8-17-10-12-6-4-3-5-7-12;/h3-7,11,17H,8-10H2,1-2H3;1H. The first-order valence-electron chi connectivity index (χ1n) is 7.45. The molecule has 0 fully saturated rings. The van der Waals surface area contributed by atoms with Crippen molar-refractivity contribution in [1.82, 2.24) is 24.0 Å². The molecular formula is C16H20ClN5O2. The lowest BCUT2D eigenvalue weighted by molar-refractivity contribution is 0.603. The Balaban J connectivity index is 0.00000208. The van der Waals surface area contributed by atoms with Crippen molar-refractivity contribution in [2.24, 2.45) is 14.1 Å². The van der Waals surface area contributed by atoms with Gasteiger partial charge in [-0.3, -0.25) is 13.9 Å². The van der Waals surface area contributed by atoms with E-state index < -0.39 is 0 Å². The summed E-state index contributed by atoms with van der Waals surface area (Å²) in [7, 11) is 3.10. The molecule has 128 valence electrons. The van der Waals surface area contributed by atoms with Crippen molar-refractivity contribution in [3.63, 3.8) is 0 Å². The van der Waals surface area contributed by atoms with Crippen LogP contribution in [0, 0.1) is 0 Å². The number of fused-ring (bicyclic) bond motifs is 1. The molecule has 0 bridgehead atoms. The topological polar surface area (TPSA) is 73.8 Å². The van der Waals surface area contributed by atoms with Crippen LogP contribution in [0.15, 0.2) is 46.2 Å². The van der Waals surface area contributed by atoms with Crippen LogP contribution in [0.4, 0.5) is 0 Å². The fraction of sp³-hybridized carbons (Fsp3) is 0.312. The van der Waals surface area contributed by atoms with Gasteiger partial charge in [-0.25, -0.2) is 9.78 Å². The van der Waals surface area contributed by atoms with Crippen LogP contribution in [0.3, 0.4) is 0 Å². The third kappa shape index (κ3) is 3.27. The Bertz CT molecular complexity index is 943. The number of nitrogens with one attached hydrogen (secondary N) is 1. The summed E-state index contributed by atoms with van der Waals surface area (Å²) in [6.45, 7) is 2.08. The third-order valence-electron chi connectivity index (χ3n) is 3.92. The average Bonchev–Trinajstić information content (AvgIpc) is 3.00. The van der Waals surface area contributed by atoms with Crippen LogP contribution in [0.2, 0.25) is 0 Å². The Morgan fingerprint density at radius 3 is 2.50 bits per heavy atom. The number of aryl methyl sites for hydroxylation is 1. The number of rotatable bonds is 5. The van der Waals surface area contributed by atoms with Gasteiger partial charge in [0.2, 0.25) is 0 Å². The summed E-state index contributed by atoms with van der Waals surface area (Å²) >= 11 is 0. The van der Waals surface area contributed by atoms with Gasteiger partial charge in [0.1, 0.15) is 0 Å². The molecule has 1 N–H and O–H groups in total. The van der Waals surface area contributed by atoms with Crippen LogP contribution in [-0.2, 0) is 27.2 Å². The van der Waals surface area contributed by atoms with E-state index in [1.165, 1.54) is 17.2 Å². The molecule has 3 aromatic rings. The summed E-state index contributed by atoms with van der Waals surface area (Å²) in [5.74, 6) is 0. The fourth-order valence-corrected chi connectivity index (χ4v) is 2.59. The van der Waals surface area contributed by atoms with Gasteiger partial charge >= 0.3 is 5.69 Å². The average molecular weight is 350 g/mol. The zero-order valence-electron chi connectivity index (χ0n) is 13.6. The van der Waals surface area contributed by atoms with Gasteiger partial charge in [0.05, 0.1) is 6.33 Å². The molecule has 0 amide bonds. The quantitative estimate of drug-likeness (QED) is 0.686. The Kier molecular flexibility index (Phi) is 5.58. The van der Waals surface area contributed by atoms with Crippen LogP contribution >= 0.6 is 12.4 Å². The second-order valence-corrected chi connectivity index (χ2v) is 5.48. The molecular weight excluding hydrogens is 330 g/mol. The SMILES string of the molecule is Cl.Cn1c(=O)c2c(ncn2CCNCc2ccccc2)n(C)c1=O. The summed E-state index contributed by atoms with van der Waals surface area (Å²) < 4.78 is 4.29. The van der Waals surface area contributed by atoms with Gasteiger partial charge < -0.3 is 9.88 Å². The molecule has 0 saturated heterocycles. The van der Waals surface area contributed by atoms with E-state index in [0.29, 0.717) is 24.3 Å². The highest BCUT2D eigenvalue weighted by Crippen LogP contribution is 2.05. The van der Waals surface area contributed by atoms with E-state index in [2.05, 4.69) is 22.4 Å². The van der Waals surface area contributed by atoms with Gasteiger partial charge in [0, 0.05) is 33.7 Å². The lowest BCUT2D eigenvalue weighted by Gasteiger charge is -2.08. The molecule has 7 nitrogen and oxygen atoms in total. The first kappa shape index (κ1) is 18.0. The van der Waals surface area contributed by atoms with Crippen LogP contribution in [0.1, 0.15) is 5.56 Å². The maximum Gasteiger partial charge on any atom is 0.332 e. The van der Waals surface area contributed by atoms with Crippen molar-refractivity contribution in [2.75, 3.05) is 6.54 Å². The first-order chi connectivity index (χ1) is 11.1. The summed E-state index contributed by atoms with van der Waals surface area (Å²) in [5, 5.41) is 3.34. The number of nitrogens with zero attached hydrogens (tertiary/aromatic N) is 4. The molecule has 0 spiro atoms. The molecule has 0 aliphatic carbocycles. The minimum absolute atomic E-state index is 0. The van der Waals surface area contributed by atoms with Gasteiger partial charge in [-0.05, 0) is 5.56 Å². The zero-order valence-corrected chi connectivity index (χ0v) is 14.4. The van der Waals surface area contributed by atoms with Crippen LogP contribution in [0.25, 0.3) is 11.2 Å². The van der Waals surface area contributed by atoms with Crippen LogP contribution in [-0.4, -0.2) is 25.2 Å². The molecule has 0 aliphatic rings. The molecule has 8 heteroatoms. The largest absolute Gasteiger partial charge is 0.332 e. The van der Waals surface area contributed by atoms with Crippen molar-refractivity contribution in [2.45, 2.75) is 13.1 Å². The summed E-state index contributed by atoms with van der Waals surface area (Å²) in [5.41, 5.74) is 1.40. The van der Waals surface area contributed by atoms with Gasteiger partial charge in [0.15, 0.2) is 11.2 Å². The van der Waals surface area contributed by atoms with E-state index in [9.17, 15) is 9.59 Å². The predicted octanol–water partition coefficient (Wildman–Crippen LogP) is 0.645. The molecule has 0 radical (unpaired) electrons. The van der Waals surface area contributed by atoms with Gasteiger partial charge in [-0.15, -0.1) is 12.4 Å². The van der Waals surface area contributed by atoms with Gasteiger partial charge in [0.25, 0.3) is 5.56 Å². The molecule has 2 heterocycles. The normalized spacial score (nSPS) is 10.8. The molecule has 2 aromatic heterocycles. The lowest BCUT2D eigenvalue weighted by atomic mass is 10.2. The maximum absolute atomic E-state index is 12.3. The Morgan fingerprint density at radius 2 is 1.79 bits per heavy atom. The second-order valence-electron chi connectivity index (χ2n) is 5.48. The number of aromatic nitrogens is 4. The number of halogens is 1. The minimum Gasteiger partial charge on any atom is -0.323 e. The summed E-state index contributed by atoms with van der Waals surface area (Å²) in [6, 6.07) is 10.1. The highest BCUT2D eigenvalue weighted by molar-refractivity contribution is 5.85. The highest BCUT2D eigenvalue weighted by atomic mass is 35.5. The minimum atomic E-state index is -0.366. The van der Waals surface area contributed by atoms with E-state index in [0.717, 1.165) is 11.1 Å². The smallest absolute Gasteiger partial charge is 0.323 e. The Labute approximate surface area is 145 Å². The maximum atomic E-state index is 12.3. The molecule has 24 heavy (non-hydrogen) atoms. The number of hydrogen-bond donors (Lipinski definition) is 1. The van der Waals surface area contributed by atoms with Crippen molar-refractivity contribution in [3.05, 3.63) is 63.1 Å². The predicted molar refractivity (Wildman–Crippen MR) is 95.6 cm³/mol.